The molecule has 0 bridgehead atoms. The Bertz CT molecular complexity index is 1860. The van der Waals surface area contributed by atoms with Gasteiger partial charge in [-0.2, -0.15) is 10.2 Å². The monoisotopic (exact) mass is 660 g/mol. The second kappa shape index (κ2) is 14.8. The molecule has 6 rings (SSSR count). The van der Waals surface area contributed by atoms with Gasteiger partial charge in [0.25, 0.3) is 0 Å². The second-order valence-electron chi connectivity index (χ2n) is 11.1. The van der Waals surface area contributed by atoms with Gasteiger partial charge in [-0.3, -0.25) is 0 Å². The Morgan fingerprint density at radius 1 is 0.787 bits per heavy atom. The maximum Gasteiger partial charge on any atom is 0.343 e. The van der Waals surface area contributed by atoms with Crippen molar-refractivity contribution in [2.24, 2.45) is 20.5 Å². The van der Waals surface area contributed by atoms with E-state index in [1.165, 1.54) is 11.3 Å². The highest BCUT2D eigenvalue weighted by Crippen LogP contribution is 2.50. The number of azo groups is 2. The number of benzene rings is 4. The van der Waals surface area contributed by atoms with Crippen LogP contribution < -0.4 is 9.64 Å². The number of thiazole rings is 1. The number of esters is 1. The standard InChI is InChI=1S/C37H36N6O2S2/c1-5-25-8-10-26(11-9-25)27-12-14-28(15-13-27)36(44)45-32-22-18-30(19-23-32)39-41-34-24(4)33-35(47-34)38-37(46-33)42-40-29-16-20-31(21-17-29)43(6-2)7-3/h8-24,34H,5-7H2,1-4H3. The number of aryl methyl sites for hydroxylation is 1. The van der Waals surface area contributed by atoms with Gasteiger partial charge >= 0.3 is 5.97 Å². The summed E-state index contributed by atoms with van der Waals surface area (Å²) in [5.74, 6) is 0.190. The number of hydrogen-bond acceptors (Lipinski definition) is 10. The molecule has 2 atom stereocenters. The molecule has 4 aromatic carbocycles. The zero-order chi connectivity index (χ0) is 32.8. The number of carbonyl (C=O) groups excluding carboxylic acids is 1. The van der Waals surface area contributed by atoms with Crippen molar-refractivity contribution in [1.82, 2.24) is 4.98 Å². The fourth-order valence-electron chi connectivity index (χ4n) is 5.21. The molecule has 0 fully saturated rings. The number of fused-ring (bicyclic) bond motifs is 1. The highest BCUT2D eigenvalue weighted by molar-refractivity contribution is 8.00. The van der Waals surface area contributed by atoms with Gasteiger partial charge in [0.2, 0.25) is 5.13 Å². The van der Waals surface area contributed by atoms with E-state index in [9.17, 15) is 4.79 Å². The Morgan fingerprint density at radius 3 is 2.02 bits per heavy atom. The molecule has 47 heavy (non-hydrogen) atoms. The molecule has 8 nitrogen and oxygen atoms in total. The highest BCUT2D eigenvalue weighted by atomic mass is 32.2. The second-order valence-corrected chi connectivity index (χ2v) is 13.2. The van der Waals surface area contributed by atoms with E-state index in [1.54, 1.807) is 59.5 Å². The molecule has 1 aliphatic heterocycles. The molecule has 2 heterocycles. The maximum atomic E-state index is 12.8. The first-order chi connectivity index (χ1) is 22.9. The van der Waals surface area contributed by atoms with Crippen molar-refractivity contribution in [3.8, 4) is 16.9 Å². The number of carbonyl (C=O) groups is 1. The molecule has 0 saturated heterocycles. The molecule has 0 amide bonds. The van der Waals surface area contributed by atoms with Gasteiger partial charge in [-0.1, -0.05) is 73.3 Å². The predicted molar refractivity (Wildman–Crippen MR) is 192 cm³/mol. The summed E-state index contributed by atoms with van der Waals surface area (Å²) in [7, 11) is 0. The van der Waals surface area contributed by atoms with Crippen molar-refractivity contribution in [3.63, 3.8) is 0 Å². The Kier molecular flexibility index (Phi) is 10.2. The number of rotatable bonds is 11. The van der Waals surface area contributed by atoms with Gasteiger partial charge in [-0.15, -0.1) is 10.2 Å². The van der Waals surface area contributed by atoms with Gasteiger partial charge in [0.05, 0.1) is 16.9 Å². The lowest BCUT2D eigenvalue weighted by atomic mass is 10.0. The molecule has 0 aliphatic carbocycles. The van der Waals surface area contributed by atoms with Gasteiger partial charge in [0, 0.05) is 29.6 Å². The summed E-state index contributed by atoms with van der Waals surface area (Å²) >= 11 is 3.13. The molecular formula is C37H36N6O2S2. The summed E-state index contributed by atoms with van der Waals surface area (Å²) in [5, 5.41) is 19.3. The van der Waals surface area contributed by atoms with Gasteiger partial charge in [0.1, 0.15) is 16.1 Å². The maximum absolute atomic E-state index is 12.8. The molecule has 2 unspecified atom stereocenters. The summed E-state index contributed by atoms with van der Waals surface area (Å²) in [4.78, 5) is 20.9. The van der Waals surface area contributed by atoms with Crippen LogP contribution in [0.5, 0.6) is 5.75 Å². The van der Waals surface area contributed by atoms with Crippen LogP contribution in [0.15, 0.2) is 123 Å². The summed E-state index contributed by atoms with van der Waals surface area (Å²) in [6.45, 7) is 10.5. The van der Waals surface area contributed by atoms with Crippen molar-refractivity contribution < 1.29 is 9.53 Å². The van der Waals surface area contributed by atoms with E-state index in [0.29, 0.717) is 22.1 Å². The molecule has 5 aromatic rings. The van der Waals surface area contributed by atoms with Crippen molar-refractivity contribution in [1.29, 1.82) is 0 Å². The van der Waals surface area contributed by atoms with Crippen LogP contribution in [0.25, 0.3) is 11.1 Å². The quantitative estimate of drug-likeness (QED) is 0.0798. The van der Waals surface area contributed by atoms with E-state index < -0.39 is 5.97 Å². The Labute approximate surface area is 283 Å². The number of thioether (sulfide) groups is 1. The van der Waals surface area contributed by atoms with E-state index in [0.717, 1.165) is 46.2 Å². The van der Waals surface area contributed by atoms with E-state index in [1.807, 2.05) is 24.3 Å². The zero-order valence-corrected chi connectivity index (χ0v) is 28.5. The lowest BCUT2D eigenvalue weighted by molar-refractivity contribution is 0.0735. The number of nitrogens with zero attached hydrogens (tertiary/aromatic N) is 6. The molecule has 238 valence electrons. The molecule has 0 saturated carbocycles. The Balaban J connectivity index is 1.01. The van der Waals surface area contributed by atoms with Crippen molar-refractivity contribution >= 4 is 51.3 Å². The summed E-state index contributed by atoms with van der Waals surface area (Å²) in [5.41, 5.74) is 6.61. The number of aromatic nitrogens is 1. The SMILES string of the molecule is CCc1ccc(-c2ccc(C(=O)Oc3ccc(N=NC4Sc5nc(N=Nc6ccc(N(CC)CC)cc6)sc5C4C)cc3)cc2)cc1. The third-order valence-electron chi connectivity index (χ3n) is 8.06. The number of anilines is 1. The lowest BCUT2D eigenvalue weighted by Gasteiger charge is -2.20. The molecule has 10 heteroatoms. The van der Waals surface area contributed by atoms with Crippen LogP contribution in [0, 0.1) is 0 Å². The van der Waals surface area contributed by atoms with E-state index in [2.05, 4.69) is 94.4 Å². The molecule has 0 N–H and O–H groups in total. The van der Waals surface area contributed by atoms with Crippen LogP contribution in [0.2, 0.25) is 0 Å². The number of hydrogen-bond donors (Lipinski definition) is 0. The third kappa shape index (κ3) is 7.66. The van der Waals surface area contributed by atoms with Crippen molar-refractivity contribution in [3.05, 3.63) is 113 Å². The summed E-state index contributed by atoms with van der Waals surface area (Å²) in [6.07, 6.45) is 1.01. The van der Waals surface area contributed by atoms with Crippen LogP contribution in [0.3, 0.4) is 0 Å². The minimum atomic E-state index is -0.408. The normalized spacial score (nSPS) is 15.7. The fraction of sp³-hybridized carbons (Fsp3) is 0.243. The molecule has 0 spiro atoms. The third-order valence-corrected chi connectivity index (χ3v) is 10.6. The topological polar surface area (TPSA) is 91.9 Å². The van der Waals surface area contributed by atoms with Crippen molar-refractivity contribution in [2.75, 3.05) is 18.0 Å². The molecule has 1 aliphatic rings. The van der Waals surface area contributed by atoms with Gasteiger partial charge < -0.3 is 9.64 Å². The predicted octanol–water partition coefficient (Wildman–Crippen LogP) is 11.2. The largest absolute Gasteiger partial charge is 0.423 e. The van der Waals surface area contributed by atoms with Crippen molar-refractivity contribution in [2.45, 2.75) is 50.4 Å². The molecular weight excluding hydrogens is 625 g/mol. The highest BCUT2D eigenvalue weighted by Gasteiger charge is 2.34. The first-order valence-corrected chi connectivity index (χ1v) is 17.5. The van der Waals surface area contributed by atoms with Crippen LogP contribution in [-0.2, 0) is 6.42 Å². The fourth-order valence-corrected chi connectivity index (χ4v) is 7.59. The van der Waals surface area contributed by atoms with Crippen LogP contribution >= 0.6 is 23.1 Å². The Hall–Kier alpha value is -4.67. The first kappa shape index (κ1) is 32.3. The lowest BCUT2D eigenvalue weighted by Crippen LogP contribution is -2.21. The van der Waals surface area contributed by atoms with Gasteiger partial charge in [0.15, 0.2) is 0 Å². The average Bonchev–Trinajstić information content (AvgIpc) is 3.65. The summed E-state index contributed by atoms with van der Waals surface area (Å²) < 4.78 is 5.60. The number of ether oxygens (including phenoxy) is 1. The zero-order valence-electron chi connectivity index (χ0n) is 26.8. The van der Waals surface area contributed by atoms with Gasteiger partial charge in [-0.05, 0) is 97.6 Å². The van der Waals surface area contributed by atoms with Crippen LogP contribution in [0.4, 0.5) is 22.2 Å². The average molecular weight is 661 g/mol. The Morgan fingerprint density at radius 2 is 1.40 bits per heavy atom. The molecule has 0 radical (unpaired) electrons. The van der Waals surface area contributed by atoms with Gasteiger partial charge in [-0.25, -0.2) is 9.78 Å². The first-order valence-electron chi connectivity index (χ1n) is 15.8. The van der Waals surface area contributed by atoms with Crippen LogP contribution in [-0.4, -0.2) is 29.4 Å². The molecule has 1 aromatic heterocycles. The van der Waals surface area contributed by atoms with E-state index in [-0.39, 0.29) is 11.3 Å². The van der Waals surface area contributed by atoms with E-state index >= 15 is 0 Å². The van der Waals surface area contributed by atoms with E-state index in [4.69, 9.17) is 4.74 Å². The minimum absolute atomic E-state index is 0.0765. The van der Waals surface area contributed by atoms with Crippen LogP contribution in [0.1, 0.15) is 54.4 Å². The summed E-state index contributed by atoms with van der Waals surface area (Å²) in [6, 6.07) is 31.1. The minimum Gasteiger partial charge on any atom is -0.423 e. The smallest absolute Gasteiger partial charge is 0.343 e.